The highest BCUT2D eigenvalue weighted by Crippen LogP contribution is 2.34. The van der Waals surface area contributed by atoms with E-state index in [0.29, 0.717) is 6.54 Å². The van der Waals surface area contributed by atoms with Gasteiger partial charge in [0.05, 0.1) is 16.8 Å². The SMILES string of the molecule is O=C1c2ccccc2CN1c1cccc(-c2nc3ccccc3s2)c1. The minimum atomic E-state index is 0.0667. The molecule has 1 aliphatic heterocycles. The molecule has 0 spiro atoms. The van der Waals surface area contributed by atoms with Crippen LogP contribution in [0.4, 0.5) is 5.69 Å². The average molecular weight is 342 g/mol. The number of benzene rings is 3. The highest BCUT2D eigenvalue weighted by atomic mass is 32.1. The van der Waals surface area contributed by atoms with Crippen molar-refractivity contribution in [1.82, 2.24) is 4.98 Å². The van der Waals surface area contributed by atoms with Crippen LogP contribution in [0, 0.1) is 0 Å². The van der Waals surface area contributed by atoms with Crippen LogP contribution < -0.4 is 4.90 Å². The molecule has 4 aromatic rings. The zero-order chi connectivity index (χ0) is 16.8. The molecular weight excluding hydrogens is 328 g/mol. The van der Waals surface area contributed by atoms with Crippen molar-refractivity contribution >= 4 is 33.1 Å². The number of carbonyl (C=O) groups excluding carboxylic acids is 1. The molecule has 0 aliphatic carbocycles. The van der Waals surface area contributed by atoms with Crippen molar-refractivity contribution in [3.63, 3.8) is 0 Å². The predicted molar refractivity (Wildman–Crippen MR) is 102 cm³/mol. The van der Waals surface area contributed by atoms with Crippen molar-refractivity contribution < 1.29 is 4.79 Å². The largest absolute Gasteiger partial charge is 0.304 e. The van der Waals surface area contributed by atoms with Crippen LogP contribution in [0.5, 0.6) is 0 Å². The number of para-hydroxylation sites is 1. The van der Waals surface area contributed by atoms with Gasteiger partial charge in [0.15, 0.2) is 0 Å². The van der Waals surface area contributed by atoms with Gasteiger partial charge < -0.3 is 4.90 Å². The van der Waals surface area contributed by atoms with E-state index in [2.05, 4.69) is 18.2 Å². The number of hydrogen-bond donors (Lipinski definition) is 0. The average Bonchev–Trinajstić information content (AvgIpc) is 3.24. The van der Waals surface area contributed by atoms with Gasteiger partial charge in [0, 0.05) is 16.8 Å². The van der Waals surface area contributed by atoms with Gasteiger partial charge in [-0.25, -0.2) is 4.98 Å². The first-order chi connectivity index (χ1) is 12.3. The number of hydrogen-bond acceptors (Lipinski definition) is 3. The molecule has 25 heavy (non-hydrogen) atoms. The Bertz CT molecular complexity index is 1080. The van der Waals surface area contributed by atoms with E-state index in [4.69, 9.17) is 4.98 Å². The molecule has 0 saturated carbocycles. The van der Waals surface area contributed by atoms with Crippen LogP contribution in [-0.4, -0.2) is 10.9 Å². The van der Waals surface area contributed by atoms with Gasteiger partial charge >= 0.3 is 0 Å². The molecule has 0 N–H and O–H groups in total. The Morgan fingerprint density at radius 2 is 1.76 bits per heavy atom. The molecule has 0 fully saturated rings. The summed E-state index contributed by atoms with van der Waals surface area (Å²) in [4.78, 5) is 19.3. The first kappa shape index (κ1) is 14.4. The van der Waals surface area contributed by atoms with E-state index in [-0.39, 0.29) is 5.91 Å². The van der Waals surface area contributed by atoms with Crippen LogP contribution in [0.15, 0.2) is 72.8 Å². The molecule has 0 radical (unpaired) electrons. The quantitative estimate of drug-likeness (QED) is 0.506. The first-order valence-corrected chi connectivity index (χ1v) is 8.97. The van der Waals surface area contributed by atoms with Gasteiger partial charge in [0.1, 0.15) is 5.01 Å². The van der Waals surface area contributed by atoms with Crippen molar-refractivity contribution in [2.75, 3.05) is 4.90 Å². The van der Waals surface area contributed by atoms with E-state index < -0.39 is 0 Å². The Kier molecular flexibility index (Phi) is 3.18. The summed E-state index contributed by atoms with van der Waals surface area (Å²) >= 11 is 1.68. The summed E-state index contributed by atoms with van der Waals surface area (Å²) < 4.78 is 1.17. The van der Waals surface area contributed by atoms with Gasteiger partial charge in [-0.05, 0) is 35.9 Å². The lowest BCUT2D eigenvalue weighted by Gasteiger charge is -2.16. The number of aromatic nitrogens is 1. The monoisotopic (exact) mass is 342 g/mol. The van der Waals surface area contributed by atoms with E-state index in [9.17, 15) is 4.79 Å². The van der Waals surface area contributed by atoms with Crippen molar-refractivity contribution in [1.29, 1.82) is 0 Å². The van der Waals surface area contributed by atoms with Crippen molar-refractivity contribution in [3.8, 4) is 10.6 Å². The van der Waals surface area contributed by atoms with E-state index in [1.54, 1.807) is 11.3 Å². The van der Waals surface area contributed by atoms with Crippen LogP contribution in [-0.2, 0) is 6.54 Å². The summed E-state index contributed by atoms with van der Waals surface area (Å²) in [6.07, 6.45) is 0. The maximum Gasteiger partial charge on any atom is 0.258 e. The number of fused-ring (bicyclic) bond motifs is 2. The minimum absolute atomic E-state index is 0.0667. The van der Waals surface area contributed by atoms with E-state index >= 15 is 0 Å². The summed E-state index contributed by atoms with van der Waals surface area (Å²) in [5.41, 5.74) is 4.85. The lowest BCUT2D eigenvalue weighted by atomic mass is 10.1. The number of anilines is 1. The van der Waals surface area contributed by atoms with Crippen LogP contribution in [0.2, 0.25) is 0 Å². The van der Waals surface area contributed by atoms with Gasteiger partial charge in [-0.2, -0.15) is 0 Å². The molecule has 5 rings (SSSR count). The Balaban J connectivity index is 1.55. The second kappa shape index (κ2) is 5.53. The molecule has 1 aliphatic rings. The Morgan fingerprint density at radius 3 is 2.64 bits per heavy atom. The van der Waals surface area contributed by atoms with Gasteiger partial charge in [0.25, 0.3) is 5.91 Å². The smallest absolute Gasteiger partial charge is 0.258 e. The van der Waals surface area contributed by atoms with Crippen LogP contribution in [0.3, 0.4) is 0 Å². The second-order valence-electron chi connectivity index (χ2n) is 6.09. The first-order valence-electron chi connectivity index (χ1n) is 8.15. The molecule has 0 atom stereocenters. The summed E-state index contributed by atoms with van der Waals surface area (Å²) in [7, 11) is 0. The molecule has 0 unspecified atom stereocenters. The fourth-order valence-electron chi connectivity index (χ4n) is 3.27. The second-order valence-corrected chi connectivity index (χ2v) is 7.12. The van der Waals surface area contributed by atoms with Crippen molar-refractivity contribution in [3.05, 3.63) is 83.9 Å². The standard InChI is InChI=1S/C21H14N2OS/c24-21-17-9-2-1-6-15(17)13-23(21)16-8-5-7-14(12-16)20-22-18-10-3-4-11-19(18)25-20/h1-12H,13H2. The molecule has 2 heterocycles. The maximum atomic E-state index is 12.7. The van der Waals surface area contributed by atoms with Crippen LogP contribution >= 0.6 is 11.3 Å². The highest BCUT2D eigenvalue weighted by Gasteiger charge is 2.28. The Labute approximate surface area is 149 Å². The van der Waals surface area contributed by atoms with E-state index in [0.717, 1.165) is 32.9 Å². The van der Waals surface area contributed by atoms with Gasteiger partial charge in [0.2, 0.25) is 0 Å². The zero-order valence-electron chi connectivity index (χ0n) is 13.3. The molecule has 0 saturated heterocycles. The Hall–Kier alpha value is -2.98. The van der Waals surface area contributed by atoms with Gasteiger partial charge in [-0.3, -0.25) is 4.79 Å². The molecule has 0 bridgehead atoms. The molecule has 3 aromatic carbocycles. The fraction of sp³-hybridized carbons (Fsp3) is 0.0476. The number of carbonyl (C=O) groups is 1. The summed E-state index contributed by atoms with van der Waals surface area (Å²) in [6.45, 7) is 0.623. The lowest BCUT2D eigenvalue weighted by molar-refractivity contribution is 0.0996. The Morgan fingerprint density at radius 1 is 0.920 bits per heavy atom. The third kappa shape index (κ3) is 2.34. The van der Waals surface area contributed by atoms with Gasteiger partial charge in [-0.15, -0.1) is 11.3 Å². The fourth-order valence-corrected chi connectivity index (χ4v) is 4.23. The topological polar surface area (TPSA) is 33.2 Å². The summed E-state index contributed by atoms with van der Waals surface area (Å²) in [5.74, 6) is 0.0667. The lowest BCUT2D eigenvalue weighted by Crippen LogP contribution is -2.22. The molecule has 120 valence electrons. The number of thiazole rings is 1. The van der Waals surface area contributed by atoms with E-state index in [1.807, 2.05) is 59.5 Å². The molecule has 3 nitrogen and oxygen atoms in total. The number of amides is 1. The van der Waals surface area contributed by atoms with E-state index in [1.165, 1.54) is 4.70 Å². The zero-order valence-corrected chi connectivity index (χ0v) is 14.2. The highest BCUT2D eigenvalue weighted by molar-refractivity contribution is 7.21. The molecule has 1 aromatic heterocycles. The number of rotatable bonds is 2. The van der Waals surface area contributed by atoms with Crippen molar-refractivity contribution in [2.24, 2.45) is 0 Å². The minimum Gasteiger partial charge on any atom is -0.304 e. The third-order valence-corrected chi connectivity index (χ3v) is 5.61. The number of nitrogens with zero attached hydrogens (tertiary/aromatic N) is 2. The maximum absolute atomic E-state index is 12.7. The molecule has 1 amide bonds. The summed E-state index contributed by atoms with van der Waals surface area (Å²) in [6, 6.07) is 24.0. The normalized spacial score (nSPS) is 13.4. The van der Waals surface area contributed by atoms with Crippen LogP contribution in [0.1, 0.15) is 15.9 Å². The molecular formula is C21H14N2OS. The van der Waals surface area contributed by atoms with Gasteiger partial charge in [-0.1, -0.05) is 42.5 Å². The third-order valence-electron chi connectivity index (χ3n) is 4.52. The van der Waals surface area contributed by atoms with Crippen LogP contribution in [0.25, 0.3) is 20.8 Å². The summed E-state index contributed by atoms with van der Waals surface area (Å²) in [5, 5.41) is 0.979. The molecule has 4 heteroatoms. The van der Waals surface area contributed by atoms with Crippen molar-refractivity contribution in [2.45, 2.75) is 6.54 Å². The predicted octanol–water partition coefficient (Wildman–Crippen LogP) is 5.12.